The molecule has 0 aliphatic carbocycles. The zero-order valence-electron chi connectivity index (χ0n) is 15.5. The lowest BCUT2D eigenvalue weighted by molar-refractivity contribution is -0.142. The van der Waals surface area contributed by atoms with Crippen molar-refractivity contribution in [2.45, 2.75) is 37.6 Å². The smallest absolute Gasteiger partial charge is 0.319 e. The standard InChI is InChI=1S/C20H21N3O3S/c1-4-11-26-19(25)14(3)27-20-22-16-8-6-5-7-15(16)18(24)23(20)17-12-13(2)9-10-21-17/h5-10,12,14H,4,11H2,1-3H3. The maximum Gasteiger partial charge on any atom is 0.319 e. The normalized spacial score (nSPS) is 12.1. The molecule has 2 aromatic heterocycles. The molecule has 2 heterocycles. The predicted molar refractivity (Wildman–Crippen MR) is 106 cm³/mol. The number of hydrogen-bond acceptors (Lipinski definition) is 6. The number of hydrogen-bond donors (Lipinski definition) is 0. The highest BCUT2D eigenvalue weighted by Crippen LogP contribution is 2.25. The van der Waals surface area contributed by atoms with E-state index in [4.69, 9.17) is 4.74 Å². The van der Waals surface area contributed by atoms with Crippen molar-refractivity contribution in [1.82, 2.24) is 14.5 Å². The highest BCUT2D eigenvalue weighted by atomic mass is 32.2. The van der Waals surface area contributed by atoms with Crippen molar-refractivity contribution in [2.75, 3.05) is 6.61 Å². The fraction of sp³-hybridized carbons (Fsp3) is 0.300. The van der Waals surface area contributed by atoms with E-state index >= 15 is 0 Å². The average Bonchev–Trinajstić information content (AvgIpc) is 2.66. The van der Waals surface area contributed by atoms with Gasteiger partial charge in [-0.15, -0.1) is 0 Å². The molecule has 1 unspecified atom stereocenters. The minimum Gasteiger partial charge on any atom is -0.465 e. The zero-order chi connectivity index (χ0) is 19.4. The molecular weight excluding hydrogens is 362 g/mol. The first-order valence-electron chi connectivity index (χ1n) is 8.79. The van der Waals surface area contributed by atoms with Crippen molar-refractivity contribution >= 4 is 28.6 Å². The second-order valence-corrected chi connectivity index (χ2v) is 7.48. The van der Waals surface area contributed by atoms with Gasteiger partial charge in [0, 0.05) is 6.20 Å². The molecule has 0 N–H and O–H groups in total. The number of nitrogens with zero attached hydrogens (tertiary/aromatic N) is 3. The van der Waals surface area contributed by atoms with Crippen LogP contribution in [0.25, 0.3) is 16.7 Å². The fourth-order valence-corrected chi connectivity index (χ4v) is 3.48. The van der Waals surface area contributed by atoms with Crippen molar-refractivity contribution in [3.05, 3.63) is 58.5 Å². The number of benzene rings is 1. The van der Waals surface area contributed by atoms with Crippen LogP contribution in [0.4, 0.5) is 0 Å². The molecule has 3 rings (SSSR count). The second kappa shape index (κ2) is 8.35. The Morgan fingerprint density at radius 2 is 2.07 bits per heavy atom. The zero-order valence-corrected chi connectivity index (χ0v) is 16.3. The SMILES string of the molecule is CCCOC(=O)C(C)Sc1nc2ccccc2c(=O)n1-c1cc(C)ccn1. The number of carbonyl (C=O) groups is 1. The molecular formula is C20H21N3O3S. The minimum absolute atomic E-state index is 0.213. The van der Waals surface area contributed by atoms with Gasteiger partial charge in [-0.1, -0.05) is 30.8 Å². The lowest BCUT2D eigenvalue weighted by Gasteiger charge is -2.15. The molecule has 3 aromatic rings. The van der Waals surface area contributed by atoms with E-state index in [1.54, 1.807) is 31.3 Å². The van der Waals surface area contributed by atoms with Crippen molar-refractivity contribution < 1.29 is 9.53 Å². The van der Waals surface area contributed by atoms with Gasteiger partial charge in [-0.3, -0.25) is 9.59 Å². The predicted octanol–water partition coefficient (Wildman–Crippen LogP) is 3.52. The molecule has 6 nitrogen and oxygen atoms in total. The average molecular weight is 383 g/mol. The maximum atomic E-state index is 13.1. The number of para-hydroxylation sites is 1. The van der Waals surface area contributed by atoms with E-state index in [0.717, 1.165) is 12.0 Å². The summed E-state index contributed by atoms with van der Waals surface area (Å²) in [6, 6.07) is 10.8. The summed E-state index contributed by atoms with van der Waals surface area (Å²) < 4.78 is 6.68. The van der Waals surface area contributed by atoms with Crippen LogP contribution in [0, 0.1) is 6.92 Å². The number of carbonyl (C=O) groups excluding carboxylic acids is 1. The summed E-state index contributed by atoms with van der Waals surface area (Å²) in [6.45, 7) is 6.00. The van der Waals surface area contributed by atoms with Crippen LogP contribution in [0.2, 0.25) is 0 Å². The third-order valence-corrected chi connectivity index (χ3v) is 4.97. The van der Waals surface area contributed by atoms with Gasteiger partial charge in [-0.05, 0) is 50.1 Å². The van der Waals surface area contributed by atoms with Crippen molar-refractivity contribution in [3.8, 4) is 5.82 Å². The number of pyridine rings is 1. The van der Waals surface area contributed by atoms with E-state index < -0.39 is 5.25 Å². The lowest BCUT2D eigenvalue weighted by Crippen LogP contribution is -2.25. The Labute approximate surface area is 161 Å². The Bertz CT molecular complexity index is 1030. The number of fused-ring (bicyclic) bond motifs is 1. The second-order valence-electron chi connectivity index (χ2n) is 6.17. The summed E-state index contributed by atoms with van der Waals surface area (Å²) in [5, 5.41) is 0.421. The van der Waals surface area contributed by atoms with Gasteiger partial charge in [0.25, 0.3) is 5.56 Å². The van der Waals surface area contributed by atoms with Crippen molar-refractivity contribution in [2.24, 2.45) is 0 Å². The van der Waals surface area contributed by atoms with Gasteiger partial charge in [0.2, 0.25) is 0 Å². The topological polar surface area (TPSA) is 74.1 Å². The molecule has 140 valence electrons. The van der Waals surface area contributed by atoms with Crippen LogP contribution in [0.3, 0.4) is 0 Å². The van der Waals surface area contributed by atoms with Gasteiger partial charge in [0.05, 0.1) is 17.5 Å². The summed E-state index contributed by atoms with van der Waals surface area (Å²) in [7, 11) is 0. The molecule has 0 fully saturated rings. The Balaban J connectivity index is 2.11. The highest BCUT2D eigenvalue weighted by molar-refractivity contribution is 8.00. The van der Waals surface area contributed by atoms with E-state index in [1.807, 2.05) is 32.0 Å². The fourth-order valence-electron chi connectivity index (χ4n) is 2.56. The summed E-state index contributed by atoms with van der Waals surface area (Å²) in [6.07, 6.45) is 2.41. The molecule has 0 amide bonds. The Morgan fingerprint density at radius 1 is 1.30 bits per heavy atom. The van der Waals surface area contributed by atoms with Crippen LogP contribution >= 0.6 is 11.8 Å². The Hall–Kier alpha value is -2.67. The van der Waals surface area contributed by atoms with Crippen LogP contribution in [0.5, 0.6) is 0 Å². The van der Waals surface area contributed by atoms with Crippen molar-refractivity contribution in [1.29, 1.82) is 0 Å². The van der Waals surface area contributed by atoms with E-state index in [9.17, 15) is 9.59 Å². The molecule has 1 atom stereocenters. The third kappa shape index (κ3) is 4.19. The molecule has 0 bridgehead atoms. The number of thioether (sulfide) groups is 1. The van der Waals surface area contributed by atoms with E-state index in [2.05, 4.69) is 9.97 Å². The summed E-state index contributed by atoms with van der Waals surface area (Å²) >= 11 is 1.20. The Morgan fingerprint density at radius 3 is 2.81 bits per heavy atom. The third-order valence-electron chi connectivity index (χ3n) is 3.94. The monoisotopic (exact) mass is 383 g/mol. The van der Waals surface area contributed by atoms with Gasteiger partial charge in [-0.25, -0.2) is 14.5 Å². The number of ether oxygens (including phenoxy) is 1. The van der Waals surface area contributed by atoms with Crippen LogP contribution in [-0.4, -0.2) is 32.4 Å². The first-order chi connectivity index (χ1) is 13.0. The maximum absolute atomic E-state index is 13.1. The van der Waals surface area contributed by atoms with Crippen molar-refractivity contribution in [3.63, 3.8) is 0 Å². The lowest BCUT2D eigenvalue weighted by atomic mass is 10.2. The molecule has 0 radical (unpaired) electrons. The summed E-state index contributed by atoms with van der Waals surface area (Å²) in [4.78, 5) is 34.3. The first-order valence-corrected chi connectivity index (χ1v) is 9.67. The quantitative estimate of drug-likeness (QED) is 0.368. The van der Waals surface area contributed by atoms with E-state index in [-0.39, 0.29) is 11.5 Å². The van der Waals surface area contributed by atoms with Crippen LogP contribution < -0.4 is 5.56 Å². The van der Waals surface area contributed by atoms with E-state index in [0.29, 0.717) is 28.5 Å². The van der Waals surface area contributed by atoms with Crippen LogP contribution in [-0.2, 0) is 9.53 Å². The molecule has 1 aromatic carbocycles. The van der Waals surface area contributed by atoms with Gasteiger partial charge in [0.15, 0.2) is 5.16 Å². The van der Waals surface area contributed by atoms with Gasteiger partial charge in [0.1, 0.15) is 11.1 Å². The molecule has 0 aliphatic heterocycles. The minimum atomic E-state index is -0.499. The number of esters is 1. The Kier molecular flexibility index (Phi) is 5.91. The van der Waals surface area contributed by atoms with Crippen LogP contribution in [0.1, 0.15) is 25.8 Å². The van der Waals surface area contributed by atoms with Gasteiger partial charge >= 0.3 is 5.97 Å². The van der Waals surface area contributed by atoms with Gasteiger partial charge in [-0.2, -0.15) is 0 Å². The first kappa shape index (κ1) is 19.1. The molecule has 0 spiro atoms. The number of aromatic nitrogens is 3. The summed E-state index contributed by atoms with van der Waals surface area (Å²) in [5.41, 5.74) is 1.35. The number of aryl methyl sites for hydroxylation is 1. The van der Waals surface area contributed by atoms with E-state index in [1.165, 1.54) is 16.3 Å². The van der Waals surface area contributed by atoms with Crippen LogP contribution in [0.15, 0.2) is 52.5 Å². The van der Waals surface area contributed by atoms with Gasteiger partial charge < -0.3 is 4.74 Å². The molecule has 0 saturated heterocycles. The molecule has 27 heavy (non-hydrogen) atoms. The molecule has 0 aliphatic rings. The highest BCUT2D eigenvalue weighted by Gasteiger charge is 2.21. The number of rotatable bonds is 6. The molecule has 0 saturated carbocycles. The summed E-state index contributed by atoms with van der Waals surface area (Å²) in [5.74, 6) is 0.155. The molecule has 7 heteroatoms. The largest absolute Gasteiger partial charge is 0.465 e.